The summed E-state index contributed by atoms with van der Waals surface area (Å²) in [7, 11) is 0. The average Bonchev–Trinajstić information content (AvgIpc) is 2.65. The Balaban J connectivity index is 2.37. The van der Waals surface area contributed by atoms with Gasteiger partial charge in [0.1, 0.15) is 0 Å². The van der Waals surface area contributed by atoms with Gasteiger partial charge in [-0.15, -0.1) is 0 Å². The molecule has 1 rings (SSSR count). The number of hydrogen-bond donors (Lipinski definition) is 1. The van der Waals surface area contributed by atoms with Crippen molar-refractivity contribution < 1.29 is 4.79 Å². The maximum absolute atomic E-state index is 12.0. The number of nitrogens with one attached hydrogen (secondary N) is 1. The number of carbonyl (C=O) groups is 1. The van der Waals surface area contributed by atoms with Crippen LogP contribution < -0.4 is 5.32 Å². The molecule has 2 amide bonds. The topological polar surface area (TPSA) is 32.3 Å². The van der Waals surface area contributed by atoms with E-state index in [1.165, 1.54) is 25.7 Å². The van der Waals surface area contributed by atoms with Crippen molar-refractivity contribution in [1.82, 2.24) is 10.2 Å². The molecule has 0 aromatic heterocycles. The zero-order valence-corrected chi connectivity index (χ0v) is 11.2. The van der Waals surface area contributed by atoms with Crippen LogP contribution in [-0.4, -0.2) is 29.6 Å². The van der Waals surface area contributed by atoms with Crippen LogP contribution in [0.1, 0.15) is 53.4 Å². The van der Waals surface area contributed by atoms with Gasteiger partial charge in [-0.2, -0.15) is 0 Å². The van der Waals surface area contributed by atoms with Gasteiger partial charge in [-0.3, -0.25) is 0 Å². The molecule has 1 aliphatic carbocycles. The fourth-order valence-corrected chi connectivity index (χ4v) is 2.46. The summed E-state index contributed by atoms with van der Waals surface area (Å²) in [5.74, 6) is 0.711. The van der Waals surface area contributed by atoms with E-state index in [0.29, 0.717) is 5.92 Å². The third kappa shape index (κ3) is 3.69. The Morgan fingerprint density at radius 3 is 2.31 bits per heavy atom. The van der Waals surface area contributed by atoms with E-state index in [1.54, 1.807) is 0 Å². The second kappa shape index (κ2) is 5.55. The number of carbonyl (C=O) groups excluding carboxylic acids is 1. The van der Waals surface area contributed by atoms with Crippen LogP contribution in [0.5, 0.6) is 0 Å². The lowest BCUT2D eigenvalue weighted by Gasteiger charge is -2.35. The van der Waals surface area contributed by atoms with Crippen LogP contribution in [0.2, 0.25) is 0 Å². The molecule has 0 atom stereocenters. The molecule has 1 fully saturated rings. The number of hydrogen-bond acceptors (Lipinski definition) is 1. The number of amides is 2. The maximum atomic E-state index is 12.0. The summed E-state index contributed by atoms with van der Waals surface area (Å²) in [5.41, 5.74) is -0.0888. The van der Waals surface area contributed by atoms with E-state index in [2.05, 4.69) is 26.1 Å². The van der Waals surface area contributed by atoms with Crippen molar-refractivity contribution in [3.8, 4) is 0 Å². The molecule has 0 heterocycles. The van der Waals surface area contributed by atoms with E-state index in [1.807, 2.05) is 11.8 Å². The van der Waals surface area contributed by atoms with Crippen LogP contribution in [0, 0.1) is 5.92 Å². The van der Waals surface area contributed by atoms with Crippen molar-refractivity contribution in [2.75, 3.05) is 13.1 Å². The highest BCUT2D eigenvalue weighted by atomic mass is 16.2. The molecule has 0 aromatic rings. The van der Waals surface area contributed by atoms with Crippen LogP contribution in [0.3, 0.4) is 0 Å². The lowest BCUT2D eigenvalue weighted by molar-refractivity contribution is 0.148. The van der Waals surface area contributed by atoms with Crippen LogP contribution in [-0.2, 0) is 0 Å². The molecule has 94 valence electrons. The molecule has 1 N–H and O–H groups in total. The van der Waals surface area contributed by atoms with E-state index in [4.69, 9.17) is 0 Å². The first kappa shape index (κ1) is 13.3. The fourth-order valence-electron chi connectivity index (χ4n) is 2.46. The molecule has 0 radical (unpaired) electrons. The summed E-state index contributed by atoms with van der Waals surface area (Å²) in [5, 5.41) is 3.07. The first-order valence-corrected chi connectivity index (χ1v) is 6.50. The summed E-state index contributed by atoms with van der Waals surface area (Å²) < 4.78 is 0. The predicted octanol–water partition coefficient (Wildman–Crippen LogP) is 3.01. The van der Waals surface area contributed by atoms with E-state index in [0.717, 1.165) is 13.1 Å². The summed E-state index contributed by atoms with van der Waals surface area (Å²) in [4.78, 5) is 13.9. The lowest BCUT2D eigenvalue weighted by Crippen LogP contribution is -2.50. The maximum Gasteiger partial charge on any atom is 0.317 e. The Kier molecular flexibility index (Phi) is 4.63. The Hall–Kier alpha value is -0.730. The van der Waals surface area contributed by atoms with Gasteiger partial charge < -0.3 is 10.2 Å². The molecule has 16 heavy (non-hydrogen) atoms. The van der Waals surface area contributed by atoms with Crippen molar-refractivity contribution in [3.63, 3.8) is 0 Å². The second-order valence-electron chi connectivity index (χ2n) is 5.75. The van der Waals surface area contributed by atoms with E-state index < -0.39 is 0 Å². The molecule has 0 bridgehead atoms. The predicted molar refractivity (Wildman–Crippen MR) is 67.5 cm³/mol. The van der Waals surface area contributed by atoms with Crippen molar-refractivity contribution in [2.45, 2.75) is 58.9 Å². The van der Waals surface area contributed by atoms with Crippen LogP contribution in [0.15, 0.2) is 0 Å². The minimum Gasteiger partial charge on any atom is -0.338 e. The quantitative estimate of drug-likeness (QED) is 0.788. The summed E-state index contributed by atoms with van der Waals surface area (Å²) in [6.45, 7) is 9.87. The third-order valence-corrected chi connectivity index (χ3v) is 3.39. The van der Waals surface area contributed by atoms with Gasteiger partial charge in [-0.1, -0.05) is 12.8 Å². The largest absolute Gasteiger partial charge is 0.338 e. The summed E-state index contributed by atoms with van der Waals surface area (Å²) >= 11 is 0. The van der Waals surface area contributed by atoms with Gasteiger partial charge in [-0.25, -0.2) is 4.79 Å². The molecule has 0 aliphatic heterocycles. The summed E-state index contributed by atoms with van der Waals surface area (Å²) in [6, 6.07) is 0.0851. The number of nitrogens with zero attached hydrogens (tertiary/aromatic N) is 1. The van der Waals surface area contributed by atoms with Gasteiger partial charge in [0, 0.05) is 18.6 Å². The van der Waals surface area contributed by atoms with Crippen LogP contribution in [0.4, 0.5) is 4.79 Å². The van der Waals surface area contributed by atoms with Gasteiger partial charge in [0.15, 0.2) is 0 Å². The van der Waals surface area contributed by atoms with Crippen molar-refractivity contribution in [2.24, 2.45) is 5.92 Å². The van der Waals surface area contributed by atoms with Crippen molar-refractivity contribution >= 4 is 6.03 Å². The van der Waals surface area contributed by atoms with E-state index in [-0.39, 0.29) is 11.6 Å². The van der Waals surface area contributed by atoms with Crippen LogP contribution in [0.25, 0.3) is 0 Å². The first-order valence-electron chi connectivity index (χ1n) is 6.50. The fraction of sp³-hybridized carbons (Fsp3) is 0.923. The minimum absolute atomic E-state index is 0.0851. The van der Waals surface area contributed by atoms with Gasteiger partial charge in [0.05, 0.1) is 0 Å². The zero-order chi connectivity index (χ0) is 12.2. The SMILES string of the molecule is CCN(C(=O)NCC1CCCC1)C(C)(C)C. The number of urea groups is 1. The number of rotatable bonds is 3. The van der Waals surface area contributed by atoms with Crippen molar-refractivity contribution in [3.05, 3.63) is 0 Å². The van der Waals surface area contributed by atoms with Gasteiger partial charge in [-0.05, 0) is 46.5 Å². The normalized spacial score (nSPS) is 17.5. The standard InChI is InChI=1S/C13H26N2O/c1-5-15(13(2,3)4)12(16)14-10-11-8-6-7-9-11/h11H,5-10H2,1-4H3,(H,14,16). The highest BCUT2D eigenvalue weighted by Crippen LogP contribution is 2.23. The van der Waals surface area contributed by atoms with Gasteiger partial charge in [0.25, 0.3) is 0 Å². The average molecular weight is 226 g/mol. The lowest BCUT2D eigenvalue weighted by atomic mass is 10.1. The third-order valence-electron chi connectivity index (χ3n) is 3.39. The molecule has 1 saturated carbocycles. The van der Waals surface area contributed by atoms with Gasteiger partial charge in [0.2, 0.25) is 0 Å². The molecule has 0 saturated heterocycles. The molecule has 1 aliphatic rings. The van der Waals surface area contributed by atoms with Crippen molar-refractivity contribution in [1.29, 1.82) is 0 Å². The minimum atomic E-state index is -0.0888. The molecular formula is C13H26N2O. The first-order chi connectivity index (χ1) is 7.45. The molecule has 0 spiro atoms. The molecule has 0 aromatic carbocycles. The Labute approximate surface area is 99.6 Å². The van der Waals surface area contributed by atoms with E-state index >= 15 is 0 Å². The Bertz CT molecular complexity index is 227. The van der Waals surface area contributed by atoms with E-state index in [9.17, 15) is 4.79 Å². The monoisotopic (exact) mass is 226 g/mol. The Morgan fingerprint density at radius 2 is 1.88 bits per heavy atom. The summed E-state index contributed by atoms with van der Waals surface area (Å²) in [6.07, 6.45) is 5.22. The smallest absolute Gasteiger partial charge is 0.317 e. The second-order valence-corrected chi connectivity index (χ2v) is 5.75. The van der Waals surface area contributed by atoms with Crippen LogP contribution >= 0.6 is 0 Å². The highest BCUT2D eigenvalue weighted by Gasteiger charge is 2.25. The molecular weight excluding hydrogens is 200 g/mol. The van der Waals surface area contributed by atoms with Gasteiger partial charge >= 0.3 is 6.03 Å². The molecule has 0 unspecified atom stereocenters. The highest BCUT2D eigenvalue weighted by molar-refractivity contribution is 5.74. The Morgan fingerprint density at radius 1 is 1.31 bits per heavy atom. The zero-order valence-electron chi connectivity index (χ0n) is 11.2. The molecule has 3 heteroatoms. The molecule has 3 nitrogen and oxygen atoms in total.